The van der Waals surface area contributed by atoms with Crippen LogP contribution in [0.15, 0.2) is 34.7 Å². The number of nitrogens with one attached hydrogen (secondary N) is 1. The minimum Gasteiger partial charge on any atom is -0.419 e. The van der Waals surface area contributed by atoms with E-state index >= 15 is 0 Å². The largest absolute Gasteiger partial charge is 0.419 e. The molecule has 1 N–H and O–H groups in total. The molecule has 1 aliphatic carbocycles. The predicted octanol–water partition coefficient (Wildman–Crippen LogP) is 3.89. The van der Waals surface area contributed by atoms with Crippen LogP contribution in [-0.4, -0.2) is 36.1 Å². The summed E-state index contributed by atoms with van der Waals surface area (Å²) in [7, 11) is 4.27. The Kier molecular flexibility index (Phi) is 4.86. The number of aromatic nitrogens is 1. The molecule has 5 heteroatoms. The van der Waals surface area contributed by atoms with E-state index in [4.69, 9.17) is 4.42 Å². The maximum absolute atomic E-state index is 9.37. The Morgan fingerprint density at radius 2 is 1.92 bits per heavy atom. The van der Waals surface area contributed by atoms with Gasteiger partial charge in [-0.2, -0.15) is 10.2 Å². The molecular weight excluding hydrogens is 300 g/mol. The summed E-state index contributed by atoms with van der Waals surface area (Å²) < 4.78 is 5.84. The zero-order chi connectivity index (χ0) is 17.0. The lowest BCUT2D eigenvalue weighted by atomic mass is 9.80. The van der Waals surface area contributed by atoms with Gasteiger partial charge in [-0.3, -0.25) is 0 Å². The summed E-state index contributed by atoms with van der Waals surface area (Å²) in [6.07, 6.45) is 6.12. The molecule has 0 unspecified atom stereocenters. The lowest BCUT2D eigenvalue weighted by Crippen LogP contribution is -2.51. The van der Waals surface area contributed by atoms with Crippen molar-refractivity contribution in [2.75, 3.05) is 26.0 Å². The molecule has 1 aromatic carbocycles. The highest BCUT2D eigenvalue weighted by Gasteiger charge is 2.34. The first-order valence-corrected chi connectivity index (χ1v) is 8.52. The van der Waals surface area contributed by atoms with E-state index in [0.29, 0.717) is 17.5 Å². The van der Waals surface area contributed by atoms with Gasteiger partial charge in [0.15, 0.2) is 0 Å². The average Bonchev–Trinajstić information content (AvgIpc) is 3.05. The van der Waals surface area contributed by atoms with Gasteiger partial charge in [0.2, 0.25) is 17.5 Å². The van der Waals surface area contributed by atoms with E-state index in [-0.39, 0.29) is 5.54 Å². The standard InChI is InChI=1S/C19H24N4O/c1-23(2)19(11-7-4-8-12-19)14-21-18-16(13-20)22-17(24-18)15-9-5-3-6-10-15/h3,5-6,9-10,21H,4,7-8,11-12,14H2,1-2H3. The van der Waals surface area contributed by atoms with Crippen molar-refractivity contribution in [3.8, 4) is 17.5 Å². The lowest BCUT2D eigenvalue weighted by Gasteiger charge is -2.43. The number of nitrogens with zero attached hydrogens (tertiary/aromatic N) is 3. The van der Waals surface area contributed by atoms with Gasteiger partial charge < -0.3 is 14.6 Å². The van der Waals surface area contributed by atoms with Crippen molar-refractivity contribution in [1.29, 1.82) is 5.26 Å². The normalized spacial score (nSPS) is 16.8. The van der Waals surface area contributed by atoms with Crippen molar-refractivity contribution in [3.63, 3.8) is 0 Å². The maximum atomic E-state index is 9.37. The van der Waals surface area contributed by atoms with Crippen molar-refractivity contribution in [3.05, 3.63) is 36.0 Å². The zero-order valence-electron chi connectivity index (χ0n) is 14.4. The van der Waals surface area contributed by atoms with Gasteiger partial charge in [-0.1, -0.05) is 37.5 Å². The number of nitriles is 1. The summed E-state index contributed by atoms with van der Waals surface area (Å²) in [5, 5.41) is 12.7. The number of rotatable bonds is 5. The Hall–Kier alpha value is -2.32. The highest BCUT2D eigenvalue weighted by atomic mass is 16.4. The van der Waals surface area contributed by atoms with Crippen LogP contribution < -0.4 is 5.32 Å². The topological polar surface area (TPSA) is 65.1 Å². The smallest absolute Gasteiger partial charge is 0.232 e. The Morgan fingerprint density at radius 1 is 1.21 bits per heavy atom. The van der Waals surface area contributed by atoms with Gasteiger partial charge in [0.25, 0.3) is 0 Å². The Balaban J connectivity index is 1.80. The molecule has 0 radical (unpaired) electrons. The first-order valence-electron chi connectivity index (χ1n) is 8.52. The number of anilines is 1. The van der Waals surface area contributed by atoms with Gasteiger partial charge in [-0.05, 0) is 39.1 Å². The highest BCUT2D eigenvalue weighted by molar-refractivity contribution is 5.58. The van der Waals surface area contributed by atoms with Crippen molar-refractivity contribution in [2.45, 2.75) is 37.6 Å². The molecule has 1 aromatic heterocycles. The van der Waals surface area contributed by atoms with Gasteiger partial charge in [0.05, 0.1) is 0 Å². The summed E-state index contributed by atoms with van der Waals surface area (Å²) in [4.78, 5) is 6.63. The Morgan fingerprint density at radius 3 is 2.54 bits per heavy atom. The monoisotopic (exact) mass is 324 g/mol. The van der Waals surface area contributed by atoms with Crippen LogP contribution in [-0.2, 0) is 0 Å². The van der Waals surface area contributed by atoms with E-state index in [1.165, 1.54) is 19.3 Å². The van der Waals surface area contributed by atoms with Crippen LogP contribution in [0.5, 0.6) is 0 Å². The molecule has 126 valence electrons. The average molecular weight is 324 g/mol. The molecule has 0 atom stereocenters. The van der Waals surface area contributed by atoms with Crippen LogP contribution in [0.4, 0.5) is 5.88 Å². The Bertz CT molecular complexity index is 709. The fraction of sp³-hybridized carbons (Fsp3) is 0.474. The van der Waals surface area contributed by atoms with Gasteiger partial charge in [-0.25, -0.2) is 0 Å². The number of hydrogen-bond donors (Lipinski definition) is 1. The molecule has 1 aliphatic rings. The molecule has 0 spiro atoms. The summed E-state index contributed by atoms with van der Waals surface area (Å²) in [5.41, 5.74) is 1.31. The third-order valence-corrected chi connectivity index (χ3v) is 5.06. The first-order chi connectivity index (χ1) is 11.6. The molecule has 5 nitrogen and oxygen atoms in total. The third kappa shape index (κ3) is 3.29. The van der Waals surface area contributed by atoms with Gasteiger partial charge >= 0.3 is 0 Å². The third-order valence-electron chi connectivity index (χ3n) is 5.06. The van der Waals surface area contributed by atoms with Gasteiger partial charge in [0.1, 0.15) is 6.07 Å². The maximum Gasteiger partial charge on any atom is 0.232 e. The molecule has 1 heterocycles. The molecule has 0 aliphatic heterocycles. The fourth-order valence-corrected chi connectivity index (χ4v) is 3.46. The SMILES string of the molecule is CN(C)C1(CNc2oc(-c3ccccc3)nc2C#N)CCCCC1. The van der Waals surface area contributed by atoms with E-state index < -0.39 is 0 Å². The van der Waals surface area contributed by atoms with Crippen molar-refractivity contribution >= 4 is 5.88 Å². The van der Waals surface area contributed by atoms with Gasteiger partial charge in [-0.15, -0.1) is 0 Å². The summed E-state index contributed by atoms with van der Waals surface area (Å²) in [6.45, 7) is 0.762. The number of likely N-dealkylation sites (N-methyl/N-ethyl adjacent to an activating group) is 1. The Labute approximate surface area is 143 Å². The fourth-order valence-electron chi connectivity index (χ4n) is 3.46. The van der Waals surface area contributed by atoms with E-state index in [9.17, 15) is 5.26 Å². The number of oxazole rings is 1. The first kappa shape index (κ1) is 16.5. The molecule has 1 saturated carbocycles. The molecule has 2 aromatic rings. The van der Waals surface area contributed by atoms with Crippen LogP contribution >= 0.6 is 0 Å². The van der Waals surface area contributed by atoms with E-state index in [2.05, 4.69) is 35.4 Å². The van der Waals surface area contributed by atoms with Crippen molar-refractivity contribution < 1.29 is 4.42 Å². The zero-order valence-corrected chi connectivity index (χ0v) is 14.4. The number of hydrogen-bond acceptors (Lipinski definition) is 5. The minimum absolute atomic E-state index is 0.116. The molecule has 0 amide bonds. The second-order valence-corrected chi connectivity index (χ2v) is 6.71. The highest BCUT2D eigenvalue weighted by Crippen LogP contribution is 2.33. The molecular formula is C19H24N4O. The van der Waals surface area contributed by atoms with Gasteiger partial charge in [0, 0.05) is 17.6 Å². The van der Waals surface area contributed by atoms with Crippen molar-refractivity contribution in [1.82, 2.24) is 9.88 Å². The van der Waals surface area contributed by atoms with E-state index in [1.54, 1.807) is 0 Å². The second kappa shape index (κ2) is 7.06. The predicted molar refractivity (Wildman–Crippen MR) is 94.6 cm³/mol. The second-order valence-electron chi connectivity index (χ2n) is 6.71. The summed E-state index contributed by atoms with van der Waals surface area (Å²) >= 11 is 0. The van der Waals surface area contributed by atoms with Crippen LogP contribution in [0.1, 0.15) is 37.8 Å². The van der Waals surface area contributed by atoms with Crippen molar-refractivity contribution in [2.24, 2.45) is 0 Å². The number of benzene rings is 1. The van der Waals surface area contributed by atoms with Crippen LogP contribution in [0, 0.1) is 11.3 Å². The van der Waals surface area contributed by atoms with Crippen LogP contribution in [0.3, 0.4) is 0 Å². The van der Waals surface area contributed by atoms with E-state index in [1.807, 2.05) is 30.3 Å². The quantitative estimate of drug-likeness (QED) is 0.904. The molecule has 0 bridgehead atoms. The molecule has 24 heavy (non-hydrogen) atoms. The minimum atomic E-state index is 0.116. The summed E-state index contributed by atoms with van der Waals surface area (Å²) in [5.74, 6) is 0.959. The van der Waals surface area contributed by atoms with E-state index in [0.717, 1.165) is 24.9 Å². The molecule has 0 saturated heterocycles. The molecule has 1 fully saturated rings. The summed E-state index contributed by atoms with van der Waals surface area (Å²) in [6, 6.07) is 11.8. The molecule has 3 rings (SSSR count). The van der Waals surface area contributed by atoms with Crippen LogP contribution in [0.25, 0.3) is 11.5 Å². The lowest BCUT2D eigenvalue weighted by molar-refractivity contribution is 0.113. The van der Waals surface area contributed by atoms with Crippen LogP contribution in [0.2, 0.25) is 0 Å².